The summed E-state index contributed by atoms with van der Waals surface area (Å²) in [4.78, 5) is 11.5. The van der Waals surface area contributed by atoms with Crippen LogP contribution in [0.3, 0.4) is 0 Å². The van der Waals surface area contributed by atoms with E-state index < -0.39 is 26.4 Å². The van der Waals surface area contributed by atoms with E-state index in [1.54, 1.807) is 0 Å². The van der Waals surface area contributed by atoms with Gasteiger partial charge in [0.25, 0.3) is 0 Å². The predicted octanol–water partition coefficient (Wildman–Crippen LogP) is 0.530. The molecule has 112 valence electrons. The third-order valence-electron chi connectivity index (χ3n) is 2.53. The number of nitro benzene ring substituents is 1. The van der Waals surface area contributed by atoms with E-state index in [9.17, 15) is 23.6 Å². The van der Waals surface area contributed by atoms with Gasteiger partial charge in [-0.15, -0.1) is 0 Å². The Bertz CT molecular complexity index is 586. The molecule has 0 amide bonds. The molecule has 0 spiro atoms. The summed E-state index contributed by atoms with van der Waals surface area (Å²) in [6.07, 6.45) is 0.617. The second kappa shape index (κ2) is 6.64. The summed E-state index contributed by atoms with van der Waals surface area (Å²) in [5.74, 6) is -0.568. The van der Waals surface area contributed by atoms with E-state index in [0.29, 0.717) is 6.42 Å². The third kappa shape index (κ3) is 4.44. The van der Waals surface area contributed by atoms with Gasteiger partial charge in [-0.3, -0.25) is 10.1 Å². The first-order valence-corrected chi connectivity index (χ1v) is 7.34. The van der Waals surface area contributed by atoms with Gasteiger partial charge in [0.1, 0.15) is 0 Å². The molecule has 8 nitrogen and oxygen atoms in total. The van der Waals surface area contributed by atoms with Crippen LogP contribution in [0.2, 0.25) is 0 Å². The van der Waals surface area contributed by atoms with Gasteiger partial charge in [0.05, 0.1) is 9.82 Å². The minimum Gasteiger partial charge on any atom is -0.502 e. The minimum absolute atomic E-state index is 0.231. The fourth-order valence-corrected chi connectivity index (χ4v) is 2.60. The number of sulfonamides is 1. The van der Waals surface area contributed by atoms with Crippen molar-refractivity contribution < 1.29 is 18.4 Å². The van der Waals surface area contributed by atoms with Crippen LogP contribution < -0.4 is 4.72 Å². The Balaban J connectivity index is 2.82. The molecule has 0 aliphatic rings. The Morgan fingerprint density at radius 3 is 2.60 bits per heavy atom. The molecule has 0 aromatic heterocycles. The Kier molecular flexibility index (Phi) is 5.43. The number of phenolic OH excluding ortho intramolecular Hbond substituents is 1. The van der Waals surface area contributed by atoms with E-state index >= 15 is 0 Å². The highest BCUT2D eigenvalue weighted by Gasteiger charge is 2.20. The summed E-state index contributed by atoms with van der Waals surface area (Å²) in [7, 11) is -0.0694. The second-order valence-corrected chi connectivity index (χ2v) is 6.23. The van der Waals surface area contributed by atoms with Gasteiger partial charge < -0.3 is 10.0 Å². The van der Waals surface area contributed by atoms with Gasteiger partial charge in [0, 0.05) is 12.6 Å². The lowest BCUT2D eigenvalue weighted by molar-refractivity contribution is -0.386. The van der Waals surface area contributed by atoms with E-state index in [1.807, 2.05) is 19.0 Å². The van der Waals surface area contributed by atoms with E-state index in [2.05, 4.69) is 4.72 Å². The Morgan fingerprint density at radius 1 is 1.40 bits per heavy atom. The van der Waals surface area contributed by atoms with Crippen LogP contribution in [-0.4, -0.2) is 50.5 Å². The first-order valence-electron chi connectivity index (χ1n) is 5.86. The lowest BCUT2D eigenvalue weighted by Gasteiger charge is -2.10. The van der Waals surface area contributed by atoms with Crippen LogP contribution in [-0.2, 0) is 10.0 Å². The number of phenols is 1. The van der Waals surface area contributed by atoms with Crippen molar-refractivity contribution in [2.24, 2.45) is 0 Å². The molecule has 0 atom stereocenters. The normalized spacial score (nSPS) is 11.8. The highest BCUT2D eigenvalue weighted by molar-refractivity contribution is 7.89. The number of hydrogen-bond donors (Lipinski definition) is 2. The molecule has 2 N–H and O–H groups in total. The van der Waals surface area contributed by atoms with Crippen molar-refractivity contribution in [2.45, 2.75) is 11.3 Å². The van der Waals surface area contributed by atoms with Gasteiger partial charge >= 0.3 is 5.69 Å². The average Bonchev–Trinajstić information content (AvgIpc) is 2.34. The molecule has 0 heterocycles. The molecule has 0 fully saturated rings. The minimum atomic E-state index is -3.82. The van der Waals surface area contributed by atoms with Crippen molar-refractivity contribution in [3.05, 3.63) is 28.3 Å². The summed E-state index contributed by atoms with van der Waals surface area (Å²) in [5.41, 5.74) is -0.638. The lowest BCUT2D eigenvalue weighted by Crippen LogP contribution is -2.27. The van der Waals surface area contributed by atoms with Crippen LogP contribution in [0.25, 0.3) is 0 Å². The second-order valence-electron chi connectivity index (χ2n) is 4.46. The third-order valence-corrected chi connectivity index (χ3v) is 3.99. The van der Waals surface area contributed by atoms with Gasteiger partial charge in [0.2, 0.25) is 10.0 Å². The van der Waals surface area contributed by atoms with Crippen LogP contribution in [0.4, 0.5) is 5.69 Å². The maximum atomic E-state index is 11.9. The summed E-state index contributed by atoms with van der Waals surface area (Å²) in [6, 6.07) is 2.95. The number of aromatic hydroxyl groups is 1. The van der Waals surface area contributed by atoms with Crippen molar-refractivity contribution >= 4 is 15.7 Å². The molecule has 9 heteroatoms. The Morgan fingerprint density at radius 2 is 2.05 bits per heavy atom. The zero-order chi connectivity index (χ0) is 15.3. The first-order chi connectivity index (χ1) is 9.24. The Labute approximate surface area is 117 Å². The number of hydrogen-bond acceptors (Lipinski definition) is 6. The van der Waals surface area contributed by atoms with Gasteiger partial charge in [-0.25, -0.2) is 13.1 Å². The molecule has 0 aliphatic carbocycles. The molecule has 20 heavy (non-hydrogen) atoms. The fourth-order valence-electron chi connectivity index (χ4n) is 1.50. The number of nitro groups is 1. The molecule has 0 aliphatic heterocycles. The van der Waals surface area contributed by atoms with Crippen LogP contribution >= 0.6 is 0 Å². The molecule has 1 aromatic carbocycles. The number of rotatable bonds is 7. The SMILES string of the molecule is CN(C)CCCNS(=O)(=O)c1ccc(O)c([N+](=O)[O-])c1. The van der Waals surface area contributed by atoms with E-state index in [4.69, 9.17) is 0 Å². The Hall–Kier alpha value is -1.71. The van der Waals surface area contributed by atoms with E-state index in [1.165, 1.54) is 0 Å². The van der Waals surface area contributed by atoms with Gasteiger partial charge in [-0.1, -0.05) is 0 Å². The predicted molar refractivity (Wildman–Crippen MR) is 73.1 cm³/mol. The monoisotopic (exact) mass is 303 g/mol. The van der Waals surface area contributed by atoms with Gasteiger partial charge in [-0.2, -0.15) is 0 Å². The molecular formula is C11H17N3O5S. The van der Waals surface area contributed by atoms with Crippen LogP contribution in [0, 0.1) is 10.1 Å². The van der Waals surface area contributed by atoms with E-state index in [-0.39, 0.29) is 11.4 Å². The number of nitrogens with zero attached hydrogens (tertiary/aromatic N) is 2. The topological polar surface area (TPSA) is 113 Å². The highest BCUT2D eigenvalue weighted by Crippen LogP contribution is 2.27. The summed E-state index contributed by atoms with van der Waals surface area (Å²) in [6.45, 7) is 0.952. The molecule has 0 saturated heterocycles. The largest absolute Gasteiger partial charge is 0.502 e. The maximum absolute atomic E-state index is 11.9. The van der Waals surface area contributed by atoms with Gasteiger partial charge in [-0.05, 0) is 39.2 Å². The summed E-state index contributed by atoms with van der Waals surface area (Å²) in [5, 5.41) is 19.9. The van der Waals surface area contributed by atoms with Crippen molar-refractivity contribution in [2.75, 3.05) is 27.2 Å². The first kappa shape index (κ1) is 16.3. The molecule has 0 radical (unpaired) electrons. The standard InChI is InChI=1S/C11H17N3O5S/c1-13(2)7-3-6-12-20(18,19)9-4-5-11(15)10(8-9)14(16)17/h4-5,8,12,15H,3,6-7H2,1-2H3. The van der Waals surface area contributed by atoms with Crippen molar-refractivity contribution in [3.8, 4) is 5.75 Å². The van der Waals surface area contributed by atoms with E-state index in [0.717, 1.165) is 24.7 Å². The highest BCUT2D eigenvalue weighted by atomic mass is 32.2. The lowest BCUT2D eigenvalue weighted by atomic mass is 10.3. The molecular weight excluding hydrogens is 286 g/mol. The number of benzene rings is 1. The van der Waals surface area contributed by atoms with Crippen LogP contribution in [0.15, 0.2) is 23.1 Å². The quantitative estimate of drug-likeness (QED) is 0.431. The van der Waals surface area contributed by atoms with Crippen LogP contribution in [0.5, 0.6) is 5.75 Å². The van der Waals surface area contributed by atoms with Crippen molar-refractivity contribution in [3.63, 3.8) is 0 Å². The van der Waals surface area contributed by atoms with Crippen molar-refractivity contribution in [1.82, 2.24) is 9.62 Å². The van der Waals surface area contributed by atoms with Crippen LogP contribution in [0.1, 0.15) is 6.42 Å². The summed E-state index contributed by atoms with van der Waals surface area (Å²) < 4.78 is 26.2. The summed E-state index contributed by atoms with van der Waals surface area (Å²) >= 11 is 0. The van der Waals surface area contributed by atoms with Crippen molar-refractivity contribution in [1.29, 1.82) is 0 Å². The smallest absolute Gasteiger partial charge is 0.312 e. The maximum Gasteiger partial charge on any atom is 0.312 e. The molecule has 0 bridgehead atoms. The molecule has 0 saturated carbocycles. The zero-order valence-corrected chi connectivity index (χ0v) is 12.1. The van der Waals surface area contributed by atoms with Gasteiger partial charge in [0.15, 0.2) is 5.75 Å². The molecule has 0 unspecified atom stereocenters. The molecule has 1 rings (SSSR count). The average molecular weight is 303 g/mol. The fraction of sp³-hybridized carbons (Fsp3) is 0.455. The zero-order valence-electron chi connectivity index (χ0n) is 11.2. The number of nitrogens with one attached hydrogen (secondary N) is 1. The molecule has 1 aromatic rings.